The Kier molecular flexibility index (Phi) is 7.59. The largest absolute Gasteiger partial charge is 0.465 e. The zero-order valence-corrected chi connectivity index (χ0v) is 19.1. The summed E-state index contributed by atoms with van der Waals surface area (Å²) in [5.41, 5.74) is 3.62. The normalized spacial score (nSPS) is 10.6. The number of halogens is 1. The molecule has 0 atom stereocenters. The molecular formula is C22H23ClN4O3S. The van der Waals surface area contributed by atoms with Gasteiger partial charge in [-0.05, 0) is 44.0 Å². The van der Waals surface area contributed by atoms with Crippen molar-refractivity contribution in [3.05, 3.63) is 57.7 Å². The van der Waals surface area contributed by atoms with Crippen LogP contribution >= 0.6 is 22.9 Å². The van der Waals surface area contributed by atoms with Crippen LogP contribution in [0.1, 0.15) is 34.6 Å². The Morgan fingerprint density at radius 1 is 1.13 bits per heavy atom. The van der Waals surface area contributed by atoms with E-state index in [1.807, 2.05) is 37.4 Å². The molecule has 31 heavy (non-hydrogen) atoms. The van der Waals surface area contributed by atoms with E-state index in [0.717, 1.165) is 17.0 Å². The molecule has 1 amide bonds. The van der Waals surface area contributed by atoms with Crippen LogP contribution < -0.4 is 10.6 Å². The Hall–Kier alpha value is -2.97. The summed E-state index contributed by atoms with van der Waals surface area (Å²) in [6.45, 7) is 4.37. The molecule has 0 aliphatic carbocycles. The van der Waals surface area contributed by atoms with Crippen LogP contribution in [0.15, 0.2) is 35.7 Å². The number of esters is 1. The number of ether oxygens (including phenoxy) is 1. The van der Waals surface area contributed by atoms with Crippen molar-refractivity contribution in [1.82, 2.24) is 9.97 Å². The Morgan fingerprint density at radius 2 is 1.81 bits per heavy atom. The van der Waals surface area contributed by atoms with Crippen LogP contribution in [0.3, 0.4) is 0 Å². The summed E-state index contributed by atoms with van der Waals surface area (Å²) in [4.78, 5) is 33.5. The van der Waals surface area contributed by atoms with Gasteiger partial charge in [0.2, 0.25) is 11.9 Å². The van der Waals surface area contributed by atoms with Gasteiger partial charge in [-0.1, -0.05) is 23.7 Å². The lowest BCUT2D eigenvalue weighted by atomic mass is 10.0. The molecule has 162 valence electrons. The molecule has 0 fully saturated rings. The van der Waals surface area contributed by atoms with Crippen LogP contribution in [0.25, 0.3) is 11.1 Å². The number of aromatic nitrogens is 2. The van der Waals surface area contributed by atoms with E-state index in [9.17, 15) is 9.59 Å². The molecule has 1 aromatic carbocycles. The van der Waals surface area contributed by atoms with Crippen molar-refractivity contribution in [2.45, 2.75) is 26.7 Å². The molecule has 0 aliphatic rings. The van der Waals surface area contributed by atoms with Crippen LogP contribution in [-0.4, -0.2) is 35.5 Å². The molecule has 2 N–H and O–H groups in total. The lowest BCUT2D eigenvalue weighted by Crippen LogP contribution is -2.15. The van der Waals surface area contributed by atoms with E-state index in [-0.39, 0.29) is 12.3 Å². The first-order valence-electron chi connectivity index (χ1n) is 9.69. The van der Waals surface area contributed by atoms with E-state index < -0.39 is 5.97 Å². The zero-order chi connectivity index (χ0) is 22.4. The standard InChI is InChI=1S/C22H23ClN4O3S/c1-13-11-14(2)26-22(25-13)24-10-4-5-18(28)27-20-19(21(29)30-3)17(12-31-20)15-6-8-16(23)9-7-15/h6-9,11-12H,4-5,10H2,1-3H3,(H,27,28)(H,24,25,26). The third-order valence-electron chi connectivity index (χ3n) is 4.43. The van der Waals surface area contributed by atoms with Gasteiger partial charge in [0.1, 0.15) is 10.6 Å². The fourth-order valence-electron chi connectivity index (χ4n) is 3.04. The zero-order valence-electron chi connectivity index (χ0n) is 17.5. The second-order valence-electron chi connectivity index (χ2n) is 6.90. The molecular weight excluding hydrogens is 436 g/mol. The Balaban J connectivity index is 1.62. The number of anilines is 2. The van der Waals surface area contributed by atoms with Crippen molar-refractivity contribution >= 4 is 45.8 Å². The van der Waals surface area contributed by atoms with Crippen molar-refractivity contribution in [2.24, 2.45) is 0 Å². The van der Waals surface area contributed by atoms with Gasteiger partial charge in [-0.25, -0.2) is 14.8 Å². The number of aryl methyl sites for hydroxylation is 2. The lowest BCUT2D eigenvalue weighted by Gasteiger charge is -2.09. The summed E-state index contributed by atoms with van der Waals surface area (Å²) in [5.74, 6) is -0.135. The number of nitrogens with zero attached hydrogens (tertiary/aromatic N) is 2. The average Bonchev–Trinajstić information content (AvgIpc) is 3.14. The van der Waals surface area contributed by atoms with Crippen LogP contribution in [0, 0.1) is 13.8 Å². The molecule has 3 rings (SSSR count). The fourth-order valence-corrected chi connectivity index (χ4v) is 4.14. The molecule has 2 heterocycles. The minimum atomic E-state index is -0.505. The number of nitrogens with one attached hydrogen (secondary N) is 2. The van der Waals surface area contributed by atoms with Gasteiger partial charge < -0.3 is 15.4 Å². The monoisotopic (exact) mass is 458 g/mol. The summed E-state index contributed by atoms with van der Waals surface area (Å²) >= 11 is 7.24. The summed E-state index contributed by atoms with van der Waals surface area (Å²) in [6.07, 6.45) is 0.873. The lowest BCUT2D eigenvalue weighted by molar-refractivity contribution is -0.116. The first kappa shape index (κ1) is 22.7. The van der Waals surface area contributed by atoms with Crippen molar-refractivity contribution < 1.29 is 14.3 Å². The van der Waals surface area contributed by atoms with E-state index >= 15 is 0 Å². The van der Waals surface area contributed by atoms with E-state index in [4.69, 9.17) is 16.3 Å². The molecule has 3 aromatic rings. The van der Waals surface area contributed by atoms with Crippen molar-refractivity contribution in [3.8, 4) is 11.1 Å². The predicted molar refractivity (Wildman–Crippen MR) is 124 cm³/mol. The topological polar surface area (TPSA) is 93.2 Å². The van der Waals surface area contributed by atoms with Crippen molar-refractivity contribution in [2.75, 3.05) is 24.3 Å². The number of thiophene rings is 1. The van der Waals surface area contributed by atoms with Crippen LogP contribution in [0.4, 0.5) is 10.9 Å². The van der Waals surface area contributed by atoms with Crippen LogP contribution in [-0.2, 0) is 9.53 Å². The maximum Gasteiger partial charge on any atom is 0.341 e. The highest BCUT2D eigenvalue weighted by Crippen LogP contribution is 2.36. The second kappa shape index (κ2) is 10.4. The number of amides is 1. The van der Waals surface area contributed by atoms with Gasteiger partial charge in [-0.2, -0.15) is 0 Å². The molecule has 7 nitrogen and oxygen atoms in total. The van der Waals surface area contributed by atoms with Crippen molar-refractivity contribution in [3.63, 3.8) is 0 Å². The quantitative estimate of drug-likeness (QED) is 0.360. The smallest absolute Gasteiger partial charge is 0.341 e. The summed E-state index contributed by atoms with van der Waals surface area (Å²) in [6, 6.07) is 9.05. The van der Waals surface area contributed by atoms with Gasteiger partial charge >= 0.3 is 5.97 Å². The van der Waals surface area contributed by atoms with Gasteiger partial charge in [0.05, 0.1) is 7.11 Å². The summed E-state index contributed by atoms with van der Waals surface area (Å²) in [7, 11) is 1.32. The predicted octanol–water partition coefficient (Wildman–Crippen LogP) is 5.09. The highest BCUT2D eigenvalue weighted by Gasteiger charge is 2.22. The SMILES string of the molecule is COC(=O)c1c(-c2ccc(Cl)cc2)csc1NC(=O)CCCNc1nc(C)cc(C)n1. The molecule has 0 spiro atoms. The van der Waals surface area contributed by atoms with Gasteiger partial charge in [-0.15, -0.1) is 11.3 Å². The third-order valence-corrected chi connectivity index (χ3v) is 5.58. The number of carbonyl (C=O) groups excluding carboxylic acids is 2. The van der Waals surface area contributed by atoms with E-state index in [1.54, 1.807) is 12.1 Å². The van der Waals surface area contributed by atoms with E-state index in [0.29, 0.717) is 40.1 Å². The molecule has 0 unspecified atom stereocenters. The van der Waals surface area contributed by atoms with Crippen LogP contribution in [0.2, 0.25) is 5.02 Å². The first-order chi connectivity index (χ1) is 14.9. The number of hydrogen-bond acceptors (Lipinski definition) is 7. The van der Waals surface area contributed by atoms with E-state index in [2.05, 4.69) is 20.6 Å². The number of benzene rings is 1. The van der Waals surface area contributed by atoms with Crippen molar-refractivity contribution in [1.29, 1.82) is 0 Å². The van der Waals surface area contributed by atoms with Crippen LogP contribution in [0.5, 0.6) is 0 Å². The van der Waals surface area contributed by atoms with Gasteiger partial charge in [-0.3, -0.25) is 4.79 Å². The minimum Gasteiger partial charge on any atom is -0.465 e. The summed E-state index contributed by atoms with van der Waals surface area (Å²) < 4.78 is 4.94. The number of hydrogen-bond donors (Lipinski definition) is 2. The Morgan fingerprint density at radius 3 is 2.45 bits per heavy atom. The fraction of sp³-hybridized carbons (Fsp3) is 0.273. The highest BCUT2D eigenvalue weighted by atomic mass is 35.5. The Bertz CT molecular complexity index is 1060. The maximum atomic E-state index is 12.5. The van der Waals surface area contributed by atoms with Gasteiger partial charge in [0, 0.05) is 40.3 Å². The average molecular weight is 459 g/mol. The maximum absolute atomic E-state index is 12.5. The molecule has 0 radical (unpaired) electrons. The Labute approximate surface area is 189 Å². The molecule has 0 saturated carbocycles. The minimum absolute atomic E-state index is 0.183. The second-order valence-corrected chi connectivity index (χ2v) is 8.22. The third kappa shape index (κ3) is 6.02. The molecule has 0 aliphatic heterocycles. The molecule has 2 aromatic heterocycles. The number of carbonyl (C=O) groups is 2. The number of methoxy groups -OCH3 is 1. The van der Waals surface area contributed by atoms with Gasteiger partial charge in [0.15, 0.2) is 0 Å². The molecule has 9 heteroatoms. The molecule has 0 bridgehead atoms. The first-order valence-corrected chi connectivity index (χ1v) is 10.9. The molecule has 0 saturated heterocycles. The van der Waals surface area contributed by atoms with E-state index in [1.165, 1.54) is 18.4 Å². The summed E-state index contributed by atoms with van der Waals surface area (Å²) in [5, 5.41) is 8.86. The number of rotatable bonds is 8. The van der Waals surface area contributed by atoms with Gasteiger partial charge in [0.25, 0.3) is 0 Å². The highest BCUT2D eigenvalue weighted by molar-refractivity contribution is 7.15.